The Kier molecular flexibility index (Phi) is 5.03. The number of aromatic nitrogens is 2. The van der Waals surface area contributed by atoms with Gasteiger partial charge in [0.05, 0.1) is 0 Å². The van der Waals surface area contributed by atoms with E-state index in [1.54, 1.807) is 0 Å². The third-order valence-electron chi connectivity index (χ3n) is 4.18. The average molecular weight is 322 g/mol. The smallest absolute Gasteiger partial charge is 0.248 e. The second kappa shape index (κ2) is 7.38. The van der Waals surface area contributed by atoms with Crippen LogP contribution in [0.15, 0.2) is 59.1 Å². The molecule has 0 bridgehead atoms. The van der Waals surface area contributed by atoms with Crippen molar-refractivity contribution in [2.45, 2.75) is 19.5 Å². The van der Waals surface area contributed by atoms with Gasteiger partial charge in [0.15, 0.2) is 0 Å². The highest BCUT2D eigenvalue weighted by atomic mass is 16.5. The monoisotopic (exact) mass is 322 g/mol. The third kappa shape index (κ3) is 3.37. The number of nitrogens with zero attached hydrogens (tertiary/aromatic N) is 3. The van der Waals surface area contributed by atoms with Gasteiger partial charge in [-0.1, -0.05) is 66.7 Å². The minimum atomic E-state index is -0.0548. The first-order valence-electron chi connectivity index (χ1n) is 8.11. The Balaban J connectivity index is 1.93. The molecule has 0 aliphatic heterocycles. The van der Waals surface area contributed by atoms with Crippen LogP contribution in [0.4, 0.5) is 0 Å². The number of nitrogens with two attached hydrogens (primary N) is 1. The van der Waals surface area contributed by atoms with Crippen LogP contribution in [0.25, 0.3) is 11.4 Å². The first-order chi connectivity index (χ1) is 11.7. The van der Waals surface area contributed by atoms with Gasteiger partial charge in [-0.15, -0.1) is 0 Å². The van der Waals surface area contributed by atoms with Crippen LogP contribution >= 0.6 is 0 Å². The minimum absolute atomic E-state index is 0.0548. The molecule has 1 atom stereocenters. The summed E-state index contributed by atoms with van der Waals surface area (Å²) in [7, 11) is 2.05. The van der Waals surface area contributed by atoms with Crippen LogP contribution in [-0.4, -0.2) is 28.6 Å². The number of hydrogen-bond acceptors (Lipinski definition) is 5. The molecule has 0 aliphatic rings. The first-order valence-corrected chi connectivity index (χ1v) is 8.11. The Morgan fingerprint density at radius 2 is 1.79 bits per heavy atom. The van der Waals surface area contributed by atoms with E-state index in [0.717, 1.165) is 23.2 Å². The molecule has 0 radical (unpaired) electrons. The molecule has 5 nitrogen and oxygen atoms in total. The Hall–Kier alpha value is -2.50. The highest BCUT2D eigenvalue weighted by molar-refractivity contribution is 5.54. The van der Waals surface area contributed by atoms with Gasteiger partial charge >= 0.3 is 0 Å². The van der Waals surface area contributed by atoms with E-state index in [2.05, 4.69) is 41.1 Å². The SMILES string of the molecule is CCN(C)C(c1ccccc1)c1nc(-c2ccc(CN)cc2)no1. The molecule has 0 fully saturated rings. The molecule has 3 rings (SSSR count). The summed E-state index contributed by atoms with van der Waals surface area (Å²) in [5.74, 6) is 1.20. The van der Waals surface area contributed by atoms with Crippen molar-refractivity contribution in [3.8, 4) is 11.4 Å². The van der Waals surface area contributed by atoms with E-state index >= 15 is 0 Å². The molecular weight excluding hydrogens is 300 g/mol. The minimum Gasteiger partial charge on any atom is -0.337 e. The zero-order valence-corrected chi connectivity index (χ0v) is 14.0. The molecule has 2 aromatic carbocycles. The average Bonchev–Trinajstić information content (AvgIpc) is 3.12. The summed E-state index contributed by atoms with van der Waals surface area (Å²) in [6.45, 7) is 3.51. The van der Waals surface area contributed by atoms with Gasteiger partial charge in [0.2, 0.25) is 11.7 Å². The van der Waals surface area contributed by atoms with E-state index in [0.29, 0.717) is 18.3 Å². The van der Waals surface area contributed by atoms with Gasteiger partial charge in [0, 0.05) is 12.1 Å². The number of rotatable bonds is 6. The molecule has 124 valence electrons. The lowest BCUT2D eigenvalue weighted by molar-refractivity contribution is 0.234. The molecule has 0 amide bonds. The summed E-state index contributed by atoms with van der Waals surface area (Å²) >= 11 is 0. The van der Waals surface area contributed by atoms with E-state index in [4.69, 9.17) is 10.3 Å². The molecule has 0 saturated heterocycles. The summed E-state index contributed by atoms with van der Waals surface area (Å²) in [6.07, 6.45) is 0. The Bertz CT molecular complexity index is 768. The molecule has 0 saturated carbocycles. The third-order valence-corrected chi connectivity index (χ3v) is 4.18. The van der Waals surface area contributed by atoms with Crippen LogP contribution in [0.5, 0.6) is 0 Å². The second-order valence-electron chi connectivity index (χ2n) is 5.74. The maximum absolute atomic E-state index is 5.64. The molecule has 2 N–H and O–H groups in total. The largest absolute Gasteiger partial charge is 0.337 e. The van der Waals surface area contributed by atoms with E-state index < -0.39 is 0 Å². The molecule has 1 aromatic heterocycles. The topological polar surface area (TPSA) is 68.2 Å². The van der Waals surface area contributed by atoms with Crippen LogP contribution in [0, 0.1) is 0 Å². The second-order valence-corrected chi connectivity index (χ2v) is 5.74. The summed E-state index contributed by atoms with van der Waals surface area (Å²) in [5.41, 5.74) is 8.78. The van der Waals surface area contributed by atoms with Gasteiger partial charge in [0.25, 0.3) is 0 Å². The van der Waals surface area contributed by atoms with Crippen LogP contribution in [0.1, 0.15) is 30.0 Å². The van der Waals surface area contributed by atoms with E-state index in [1.165, 1.54) is 0 Å². The molecule has 5 heteroatoms. The molecule has 24 heavy (non-hydrogen) atoms. The van der Waals surface area contributed by atoms with E-state index in [1.807, 2.05) is 42.5 Å². The van der Waals surface area contributed by atoms with Gasteiger partial charge in [-0.3, -0.25) is 4.90 Å². The fourth-order valence-electron chi connectivity index (χ4n) is 2.66. The van der Waals surface area contributed by atoms with Crippen molar-refractivity contribution in [2.24, 2.45) is 5.73 Å². The highest BCUT2D eigenvalue weighted by Gasteiger charge is 2.24. The van der Waals surface area contributed by atoms with Gasteiger partial charge in [-0.2, -0.15) is 4.98 Å². The lowest BCUT2D eigenvalue weighted by Crippen LogP contribution is -2.25. The van der Waals surface area contributed by atoms with Crippen LogP contribution in [-0.2, 0) is 6.54 Å². The summed E-state index contributed by atoms with van der Waals surface area (Å²) in [5, 5.41) is 4.16. The molecule has 0 aliphatic carbocycles. The van der Waals surface area contributed by atoms with Gasteiger partial charge < -0.3 is 10.3 Å². The van der Waals surface area contributed by atoms with Crippen molar-refractivity contribution < 1.29 is 4.52 Å². The Labute approximate surface area is 142 Å². The predicted molar refractivity (Wildman–Crippen MR) is 94.2 cm³/mol. The Morgan fingerprint density at radius 1 is 1.08 bits per heavy atom. The van der Waals surface area contributed by atoms with Gasteiger partial charge in [-0.25, -0.2) is 0 Å². The zero-order valence-electron chi connectivity index (χ0n) is 14.0. The van der Waals surface area contributed by atoms with Crippen molar-refractivity contribution in [3.63, 3.8) is 0 Å². The van der Waals surface area contributed by atoms with Crippen LogP contribution in [0.2, 0.25) is 0 Å². The normalized spacial score (nSPS) is 12.5. The molecule has 1 heterocycles. The maximum Gasteiger partial charge on any atom is 0.248 e. The summed E-state index contributed by atoms with van der Waals surface area (Å²) < 4.78 is 5.59. The highest BCUT2D eigenvalue weighted by Crippen LogP contribution is 2.28. The van der Waals surface area contributed by atoms with Gasteiger partial charge in [-0.05, 0) is 24.7 Å². The summed E-state index contributed by atoms with van der Waals surface area (Å²) in [4.78, 5) is 6.82. The van der Waals surface area contributed by atoms with Crippen molar-refractivity contribution >= 4 is 0 Å². The maximum atomic E-state index is 5.64. The van der Waals surface area contributed by atoms with E-state index in [9.17, 15) is 0 Å². The molecule has 1 unspecified atom stereocenters. The van der Waals surface area contributed by atoms with Gasteiger partial charge in [0.1, 0.15) is 6.04 Å². The fourth-order valence-corrected chi connectivity index (χ4v) is 2.66. The van der Waals surface area contributed by atoms with Crippen LogP contribution in [0.3, 0.4) is 0 Å². The van der Waals surface area contributed by atoms with Crippen LogP contribution < -0.4 is 5.73 Å². The van der Waals surface area contributed by atoms with Crippen molar-refractivity contribution in [1.29, 1.82) is 0 Å². The molecule has 0 spiro atoms. The number of hydrogen-bond donors (Lipinski definition) is 1. The summed E-state index contributed by atoms with van der Waals surface area (Å²) in [6, 6.07) is 18.1. The lowest BCUT2D eigenvalue weighted by Gasteiger charge is -2.23. The Morgan fingerprint density at radius 3 is 2.42 bits per heavy atom. The fraction of sp³-hybridized carbons (Fsp3) is 0.263. The number of benzene rings is 2. The quantitative estimate of drug-likeness (QED) is 0.754. The van der Waals surface area contributed by atoms with Crippen molar-refractivity contribution in [3.05, 3.63) is 71.6 Å². The lowest BCUT2D eigenvalue weighted by atomic mass is 10.1. The predicted octanol–water partition coefficient (Wildman–Crippen LogP) is 3.24. The van der Waals surface area contributed by atoms with E-state index in [-0.39, 0.29) is 6.04 Å². The van der Waals surface area contributed by atoms with Crippen molar-refractivity contribution in [2.75, 3.05) is 13.6 Å². The zero-order chi connectivity index (χ0) is 16.9. The standard InChI is InChI=1S/C19H22N4O/c1-3-23(2)17(15-7-5-4-6-8-15)19-21-18(22-24-19)16-11-9-14(13-20)10-12-16/h4-12,17H,3,13,20H2,1-2H3. The molecular formula is C19H22N4O. The van der Waals surface area contributed by atoms with Crippen molar-refractivity contribution in [1.82, 2.24) is 15.0 Å². The first kappa shape index (κ1) is 16.4. The molecule has 3 aromatic rings.